The Morgan fingerprint density at radius 3 is 2.73 bits per heavy atom. The summed E-state index contributed by atoms with van der Waals surface area (Å²) in [7, 11) is 0. The number of rotatable bonds is 4. The van der Waals surface area contributed by atoms with Gasteiger partial charge >= 0.3 is 6.09 Å². The van der Waals surface area contributed by atoms with E-state index in [4.69, 9.17) is 19.4 Å². The van der Waals surface area contributed by atoms with E-state index < -0.39 is 23.3 Å². The maximum Gasteiger partial charge on any atom is 0.412 e. The minimum atomic E-state index is -0.788. The van der Waals surface area contributed by atoms with E-state index in [9.17, 15) is 10.1 Å². The number of anilines is 2. The van der Waals surface area contributed by atoms with Crippen molar-refractivity contribution in [2.24, 2.45) is 11.8 Å². The van der Waals surface area contributed by atoms with Gasteiger partial charge in [0.1, 0.15) is 22.2 Å². The van der Waals surface area contributed by atoms with Gasteiger partial charge in [-0.25, -0.2) is 23.5 Å². The maximum absolute atomic E-state index is 17.0. The third kappa shape index (κ3) is 5.34. The van der Waals surface area contributed by atoms with Crippen molar-refractivity contribution in [2.75, 3.05) is 36.4 Å². The number of carbonyl (C=O) groups excluding carboxylic acids is 1. The van der Waals surface area contributed by atoms with Crippen LogP contribution in [-0.4, -0.2) is 63.8 Å². The summed E-state index contributed by atoms with van der Waals surface area (Å²) in [6.45, 7) is 9.57. The predicted molar refractivity (Wildman–Crippen MR) is 179 cm³/mol. The molecule has 48 heavy (non-hydrogen) atoms. The minimum Gasteiger partial charge on any atom is -0.444 e. The second-order valence-electron chi connectivity index (χ2n) is 14.4. The van der Waals surface area contributed by atoms with Crippen LogP contribution in [0.25, 0.3) is 32.2 Å². The molecule has 3 atom stereocenters. The highest BCUT2D eigenvalue weighted by atomic mass is 32.1. The Morgan fingerprint density at radius 1 is 1.10 bits per heavy atom. The molecule has 250 valence electrons. The number of pyridine rings is 1. The summed E-state index contributed by atoms with van der Waals surface area (Å²) in [6.07, 6.45) is 8.06. The Kier molecular flexibility index (Phi) is 7.73. The molecule has 1 aromatic carbocycles. The van der Waals surface area contributed by atoms with E-state index in [1.165, 1.54) is 38.8 Å². The molecule has 1 N–H and O–H groups in total. The van der Waals surface area contributed by atoms with Crippen molar-refractivity contribution in [3.63, 3.8) is 0 Å². The van der Waals surface area contributed by atoms with Crippen molar-refractivity contribution in [3.05, 3.63) is 40.7 Å². The van der Waals surface area contributed by atoms with E-state index in [2.05, 4.69) is 26.2 Å². The van der Waals surface area contributed by atoms with Gasteiger partial charge in [0.25, 0.3) is 0 Å². The monoisotopic (exact) mass is 673 g/mol. The highest BCUT2D eigenvalue weighted by molar-refractivity contribution is 7.23. The van der Waals surface area contributed by atoms with Crippen molar-refractivity contribution in [1.29, 1.82) is 5.26 Å². The Balaban J connectivity index is 1.18. The van der Waals surface area contributed by atoms with Crippen LogP contribution in [-0.2, 0) is 22.7 Å². The van der Waals surface area contributed by atoms with Crippen molar-refractivity contribution in [3.8, 4) is 17.3 Å². The van der Waals surface area contributed by atoms with Crippen LogP contribution < -0.4 is 10.2 Å². The molecule has 13 heteroatoms. The van der Waals surface area contributed by atoms with E-state index in [0.29, 0.717) is 34.8 Å². The molecule has 3 saturated heterocycles. The van der Waals surface area contributed by atoms with Crippen molar-refractivity contribution in [1.82, 2.24) is 19.9 Å². The van der Waals surface area contributed by atoms with Crippen LogP contribution in [0.1, 0.15) is 69.6 Å². The fourth-order valence-electron chi connectivity index (χ4n) is 8.19. The summed E-state index contributed by atoms with van der Waals surface area (Å²) in [5.41, 5.74) is 0.850. The predicted octanol–water partition coefficient (Wildman–Crippen LogP) is 7.13. The number of carbonyl (C=O) groups is 1. The molecule has 7 heterocycles. The van der Waals surface area contributed by atoms with Crippen LogP contribution in [0.3, 0.4) is 0 Å². The number of thiophene rings is 1. The maximum atomic E-state index is 17.0. The van der Waals surface area contributed by atoms with E-state index in [-0.39, 0.29) is 50.6 Å². The fourth-order valence-corrected chi connectivity index (χ4v) is 9.23. The average Bonchev–Trinajstić information content (AvgIpc) is 3.87. The van der Waals surface area contributed by atoms with Gasteiger partial charge in [0.15, 0.2) is 11.6 Å². The molecule has 0 aliphatic carbocycles. The summed E-state index contributed by atoms with van der Waals surface area (Å²) in [4.78, 5) is 31.3. The topological polar surface area (TPSA) is 116 Å². The number of nitrogens with one attached hydrogen (secondary N) is 1. The SMILES string of the molecule is CC(C)(C)OC(=O)Nc1sc2c(F)cnc(-c3c4c(c5cnc(N6CC[C@@H](C7CCN8CCC[C@@H]8C7)C6)nc5c3F)COC4)c2c1C#N. The molecule has 4 aliphatic rings. The normalized spacial score (nSPS) is 22.7. The summed E-state index contributed by atoms with van der Waals surface area (Å²) in [5.74, 6) is 0.415. The molecule has 4 aromatic rings. The molecule has 0 spiro atoms. The molecular formula is C35H37F2N7O3S. The average molecular weight is 674 g/mol. The van der Waals surface area contributed by atoms with Crippen LogP contribution >= 0.6 is 11.3 Å². The van der Waals surface area contributed by atoms with Gasteiger partial charge in [-0.05, 0) is 88.9 Å². The van der Waals surface area contributed by atoms with Crippen LogP contribution in [0.4, 0.5) is 24.5 Å². The summed E-state index contributed by atoms with van der Waals surface area (Å²) >= 11 is 0.879. The number of benzene rings is 1. The molecule has 3 aromatic heterocycles. The lowest BCUT2D eigenvalue weighted by Crippen LogP contribution is -2.40. The lowest BCUT2D eigenvalue weighted by atomic mass is 9.81. The van der Waals surface area contributed by atoms with E-state index in [1.807, 2.05) is 0 Å². The molecule has 4 aliphatic heterocycles. The molecule has 0 radical (unpaired) electrons. The van der Waals surface area contributed by atoms with Gasteiger partial charge < -0.3 is 19.3 Å². The van der Waals surface area contributed by atoms with Crippen LogP contribution in [0.2, 0.25) is 0 Å². The molecule has 0 bridgehead atoms. The second-order valence-corrected chi connectivity index (χ2v) is 15.4. The quantitative estimate of drug-likeness (QED) is 0.241. The number of halogens is 2. The molecule has 1 amide bonds. The van der Waals surface area contributed by atoms with Crippen LogP contribution in [0, 0.1) is 34.8 Å². The number of nitriles is 1. The highest BCUT2D eigenvalue weighted by Crippen LogP contribution is 2.46. The van der Waals surface area contributed by atoms with E-state index in [0.717, 1.165) is 42.6 Å². The van der Waals surface area contributed by atoms with Crippen molar-refractivity contribution in [2.45, 2.75) is 77.7 Å². The van der Waals surface area contributed by atoms with Gasteiger partial charge in [-0.1, -0.05) is 0 Å². The zero-order chi connectivity index (χ0) is 33.3. The van der Waals surface area contributed by atoms with Gasteiger partial charge in [-0.3, -0.25) is 10.3 Å². The third-order valence-corrected chi connectivity index (χ3v) is 11.5. The summed E-state index contributed by atoms with van der Waals surface area (Å²) < 4.78 is 43.5. The second kappa shape index (κ2) is 11.9. The first kappa shape index (κ1) is 31.3. The molecular weight excluding hydrogens is 636 g/mol. The summed E-state index contributed by atoms with van der Waals surface area (Å²) in [6, 6.07) is 2.80. The van der Waals surface area contributed by atoms with Crippen LogP contribution in [0.5, 0.6) is 0 Å². The third-order valence-electron chi connectivity index (χ3n) is 10.4. The zero-order valence-corrected chi connectivity index (χ0v) is 28.1. The van der Waals surface area contributed by atoms with Crippen molar-refractivity contribution >= 4 is 49.4 Å². The van der Waals surface area contributed by atoms with E-state index in [1.54, 1.807) is 27.0 Å². The zero-order valence-electron chi connectivity index (χ0n) is 27.2. The largest absolute Gasteiger partial charge is 0.444 e. The minimum absolute atomic E-state index is 0.0232. The number of ether oxygens (including phenoxy) is 2. The number of nitrogens with zero attached hydrogens (tertiary/aromatic N) is 6. The number of hydrogen-bond acceptors (Lipinski definition) is 10. The Bertz CT molecular complexity index is 2000. The molecule has 10 nitrogen and oxygen atoms in total. The molecule has 1 unspecified atom stereocenters. The first-order valence-electron chi connectivity index (χ1n) is 16.7. The first-order valence-corrected chi connectivity index (χ1v) is 17.5. The standard InChI is InChI=1S/C35H37F2N7O3S/c1-35(2,3)47-34(45)42-32-21(12-38)27-30(39-14-25(36)31(27)48-32)26-24-17-46-16-23(24)22-13-40-33(41-29(22)28(26)37)44-10-7-19(15-44)18-6-9-43-8-4-5-20(43)11-18/h13-14,18-20H,4-11,15-17H2,1-3H3,(H,42,45)/t18?,19-,20-/m1/s1. The molecule has 8 rings (SSSR count). The first-order chi connectivity index (χ1) is 23.1. The van der Waals surface area contributed by atoms with Crippen molar-refractivity contribution < 1.29 is 23.0 Å². The van der Waals surface area contributed by atoms with Gasteiger partial charge in [0.05, 0.1) is 35.4 Å². The number of aromatic nitrogens is 3. The Labute approximate surface area is 281 Å². The van der Waals surface area contributed by atoms with Gasteiger partial charge in [0.2, 0.25) is 5.95 Å². The smallest absolute Gasteiger partial charge is 0.412 e. The van der Waals surface area contributed by atoms with Gasteiger partial charge in [0, 0.05) is 41.7 Å². The lowest BCUT2D eigenvalue weighted by Gasteiger charge is -2.37. The number of amides is 1. The Hall–Kier alpha value is -3.99. The highest BCUT2D eigenvalue weighted by Gasteiger charge is 2.38. The van der Waals surface area contributed by atoms with Gasteiger partial charge in [-0.15, -0.1) is 11.3 Å². The number of fused-ring (bicyclic) bond motifs is 5. The molecule has 0 saturated carbocycles. The van der Waals surface area contributed by atoms with E-state index >= 15 is 8.78 Å². The Morgan fingerprint density at radius 2 is 1.92 bits per heavy atom. The van der Waals surface area contributed by atoms with Gasteiger partial charge in [-0.2, -0.15) is 5.26 Å². The molecule has 3 fully saturated rings. The lowest BCUT2D eigenvalue weighted by molar-refractivity contribution is 0.0636. The number of piperidine rings is 1. The van der Waals surface area contributed by atoms with Crippen LogP contribution in [0.15, 0.2) is 12.4 Å². The fraction of sp³-hybridized carbons (Fsp3) is 0.514. The summed E-state index contributed by atoms with van der Waals surface area (Å²) in [5, 5.41) is 13.6. The number of hydrogen-bond donors (Lipinski definition) is 1.